The standard InChI is InChI=1S/C10H15BrS/c1-12(2,11)9-8-10-6-4-3-5-7-10/h3-7H,8-9H2,1-2H3. The average molecular weight is 247 g/mol. The van der Waals surface area contributed by atoms with Crippen molar-refractivity contribution in [2.45, 2.75) is 6.42 Å². The van der Waals surface area contributed by atoms with Gasteiger partial charge in [0.05, 0.1) is 0 Å². The average Bonchev–Trinajstić information content (AvgIpc) is 2.02. The summed E-state index contributed by atoms with van der Waals surface area (Å²) in [6.07, 6.45) is 5.76. The first kappa shape index (κ1) is 10.1. The highest BCUT2D eigenvalue weighted by Crippen LogP contribution is 2.48. The van der Waals surface area contributed by atoms with Crippen LogP contribution in [0.4, 0.5) is 0 Å². The molecule has 0 fully saturated rings. The molecule has 1 aromatic rings. The lowest BCUT2D eigenvalue weighted by atomic mass is 10.2. The van der Waals surface area contributed by atoms with E-state index in [1.165, 1.54) is 17.7 Å². The number of aryl methyl sites for hydroxylation is 1. The smallest absolute Gasteiger partial charge is 0.0101 e. The van der Waals surface area contributed by atoms with E-state index in [1.54, 1.807) is 0 Å². The van der Waals surface area contributed by atoms with Crippen molar-refractivity contribution in [3.8, 4) is 0 Å². The maximum Gasteiger partial charge on any atom is -0.0101 e. The van der Waals surface area contributed by atoms with Crippen LogP contribution in [0.2, 0.25) is 0 Å². The van der Waals surface area contributed by atoms with Gasteiger partial charge < -0.3 is 0 Å². The molecule has 0 amide bonds. The molecule has 0 atom stereocenters. The Morgan fingerprint density at radius 1 is 1.17 bits per heavy atom. The second kappa shape index (κ2) is 4.33. The minimum Gasteiger partial charge on any atom is -0.189 e. The van der Waals surface area contributed by atoms with E-state index in [-0.39, 0.29) is 0 Å². The van der Waals surface area contributed by atoms with Crippen molar-refractivity contribution in [2.24, 2.45) is 0 Å². The first-order valence-corrected chi connectivity index (χ1v) is 8.49. The van der Waals surface area contributed by atoms with E-state index in [0.29, 0.717) is 0 Å². The van der Waals surface area contributed by atoms with Gasteiger partial charge in [-0.05, 0) is 45.1 Å². The van der Waals surface area contributed by atoms with Gasteiger partial charge in [-0.3, -0.25) is 0 Å². The van der Waals surface area contributed by atoms with Crippen molar-refractivity contribution in [3.05, 3.63) is 35.9 Å². The fourth-order valence-electron chi connectivity index (χ4n) is 1.01. The van der Waals surface area contributed by atoms with Gasteiger partial charge in [-0.25, -0.2) is 0 Å². The minimum atomic E-state index is -0.510. The van der Waals surface area contributed by atoms with E-state index >= 15 is 0 Å². The first-order chi connectivity index (χ1) is 5.58. The van der Waals surface area contributed by atoms with Gasteiger partial charge >= 0.3 is 0 Å². The molecule has 0 heterocycles. The summed E-state index contributed by atoms with van der Waals surface area (Å²) in [5, 5.41) is 0. The van der Waals surface area contributed by atoms with Crippen LogP contribution in [-0.4, -0.2) is 18.3 Å². The van der Waals surface area contributed by atoms with Crippen LogP contribution in [0.3, 0.4) is 0 Å². The molecule has 0 aliphatic rings. The van der Waals surface area contributed by atoms with Gasteiger partial charge in [0.15, 0.2) is 0 Å². The van der Waals surface area contributed by atoms with Gasteiger partial charge in [0.25, 0.3) is 0 Å². The van der Waals surface area contributed by atoms with Crippen molar-refractivity contribution in [3.63, 3.8) is 0 Å². The minimum absolute atomic E-state index is 0.510. The SMILES string of the molecule is CS(C)(Br)CCc1ccccc1. The van der Waals surface area contributed by atoms with Crippen molar-refractivity contribution in [1.82, 2.24) is 0 Å². The summed E-state index contributed by atoms with van der Waals surface area (Å²) >= 11 is 3.72. The summed E-state index contributed by atoms with van der Waals surface area (Å²) in [5.41, 5.74) is 1.44. The molecule has 68 valence electrons. The van der Waals surface area contributed by atoms with Gasteiger partial charge in [0.1, 0.15) is 0 Å². The Bertz CT molecular complexity index is 225. The van der Waals surface area contributed by atoms with Crippen molar-refractivity contribution in [2.75, 3.05) is 18.3 Å². The Morgan fingerprint density at radius 3 is 2.25 bits per heavy atom. The first-order valence-electron chi connectivity index (χ1n) is 4.02. The summed E-state index contributed by atoms with van der Waals surface area (Å²) in [4.78, 5) is 0. The lowest BCUT2D eigenvalue weighted by molar-refractivity contribution is 1.15. The fraction of sp³-hybridized carbons (Fsp3) is 0.400. The third kappa shape index (κ3) is 4.17. The zero-order valence-corrected chi connectivity index (χ0v) is 9.99. The van der Waals surface area contributed by atoms with E-state index in [0.717, 1.165) is 0 Å². The fourth-order valence-corrected chi connectivity index (χ4v) is 2.21. The zero-order chi connectivity index (χ0) is 9.03. The number of hydrogen-bond donors (Lipinski definition) is 0. The normalized spacial score (nSPS) is 12.9. The summed E-state index contributed by atoms with van der Waals surface area (Å²) < 4.78 is 0. The predicted octanol–water partition coefficient (Wildman–Crippen LogP) is 3.60. The van der Waals surface area contributed by atoms with Crippen LogP contribution in [0.1, 0.15) is 5.56 Å². The molecule has 0 radical (unpaired) electrons. The highest BCUT2D eigenvalue weighted by atomic mass is 79.9. The van der Waals surface area contributed by atoms with Crippen molar-refractivity contribution < 1.29 is 0 Å². The van der Waals surface area contributed by atoms with Crippen LogP contribution >= 0.6 is 23.3 Å². The molecule has 2 heteroatoms. The largest absolute Gasteiger partial charge is 0.189 e. The summed E-state index contributed by atoms with van der Waals surface area (Å²) in [6, 6.07) is 10.7. The molecular weight excluding hydrogens is 232 g/mol. The summed E-state index contributed by atoms with van der Waals surface area (Å²) in [5.74, 6) is 1.26. The Kier molecular flexibility index (Phi) is 3.66. The third-order valence-electron chi connectivity index (χ3n) is 1.72. The van der Waals surface area contributed by atoms with Crippen LogP contribution in [0.5, 0.6) is 0 Å². The summed E-state index contributed by atoms with van der Waals surface area (Å²) in [7, 11) is -0.510. The van der Waals surface area contributed by atoms with Crippen molar-refractivity contribution in [1.29, 1.82) is 0 Å². The quantitative estimate of drug-likeness (QED) is 0.765. The van der Waals surface area contributed by atoms with Gasteiger partial charge in [-0.2, -0.15) is 8.46 Å². The van der Waals surface area contributed by atoms with E-state index in [4.69, 9.17) is 0 Å². The summed E-state index contributed by atoms with van der Waals surface area (Å²) in [6.45, 7) is 0. The molecule has 1 aromatic carbocycles. The zero-order valence-electron chi connectivity index (χ0n) is 7.59. The maximum absolute atomic E-state index is 3.72. The second-order valence-corrected chi connectivity index (χ2v) is 11.8. The molecule has 12 heavy (non-hydrogen) atoms. The molecule has 0 nitrogen and oxygen atoms in total. The van der Waals surface area contributed by atoms with Gasteiger partial charge in [0.2, 0.25) is 0 Å². The van der Waals surface area contributed by atoms with Crippen LogP contribution in [0.25, 0.3) is 0 Å². The lowest BCUT2D eigenvalue weighted by Gasteiger charge is -2.21. The molecule has 0 aromatic heterocycles. The van der Waals surface area contributed by atoms with Crippen LogP contribution in [0.15, 0.2) is 30.3 Å². The number of benzene rings is 1. The molecule has 0 aliphatic heterocycles. The Balaban J connectivity index is 2.44. The lowest BCUT2D eigenvalue weighted by Crippen LogP contribution is -1.96. The number of halogens is 1. The topological polar surface area (TPSA) is 0 Å². The van der Waals surface area contributed by atoms with Gasteiger partial charge in [0, 0.05) is 0 Å². The Labute approximate surface area is 83.9 Å². The molecule has 0 saturated carbocycles. The predicted molar refractivity (Wildman–Crippen MR) is 63.4 cm³/mol. The van der Waals surface area contributed by atoms with E-state index in [2.05, 4.69) is 57.7 Å². The molecule has 0 bridgehead atoms. The monoisotopic (exact) mass is 246 g/mol. The molecule has 1 rings (SSSR count). The van der Waals surface area contributed by atoms with Gasteiger partial charge in [-0.1, -0.05) is 30.3 Å². The molecule has 0 saturated heterocycles. The Hall–Kier alpha value is 0.0500. The second-order valence-electron chi connectivity index (χ2n) is 3.34. The molecule has 0 spiro atoms. The van der Waals surface area contributed by atoms with E-state index in [9.17, 15) is 0 Å². The third-order valence-corrected chi connectivity index (χ3v) is 3.87. The van der Waals surface area contributed by atoms with Crippen molar-refractivity contribution >= 4 is 23.3 Å². The molecule has 0 aliphatic carbocycles. The number of hydrogen-bond acceptors (Lipinski definition) is 0. The highest BCUT2D eigenvalue weighted by molar-refractivity contribution is 9.58. The molecule has 0 N–H and O–H groups in total. The Morgan fingerprint density at radius 2 is 1.75 bits per heavy atom. The number of rotatable bonds is 3. The van der Waals surface area contributed by atoms with Crippen LogP contribution < -0.4 is 0 Å². The molecule has 0 unspecified atom stereocenters. The van der Waals surface area contributed by atoms with E-state index in [1.807, 2.05) is 0 Å². The highest BCUT2D eigenvalue weighted by Gasteiger charge is 2.05. The van der Waals surface area contributed by atoms with E-state index < -0.39 is 8.46 Å². The van der Waals surface area contributed by atoms with Gasteiger partial charge in [-0.15, -0.1) is 0 Å². The molecular formula is C10H15BrS. The van der Waals surface area contributed by atoms with Crippen LogP contribution in [0, 0.1) is 0 Å². The van der Waals surface area contributed by atoms with Crippen LogP contribution in [-0.2, 0) is 6.42 Å². The maximum atomic E-state index is 3.72.